The number of rotatable bonds is 4. The minimum Gasteiger partial charge on any atom is -0.487 e. The van der Waals surface area contributed by atoms with Gasteiger partial charge in [-0.1, -0.05) is 0 Å². The summed E-state index contributed by atoms with van der Waals surface area (Å²) in [5, 5.41) is 0. The third-order valence-electron chi connectivity index (χ3n) is 2.32. The van der Waals surface area contributed by atoms with Crippen molar-refractivity contribution in [2.24, 2.45) is 0 Å². The van der Waals surface area contributed by atoms with Gasteiger partial charge in [0.15, 0.2) is 12.0 Å². The number of hydrogen-bond acceptors (Lipinski definition) is 4. The molecule has 80 valence electrons. The van der Waals surface area contributed by atoms with Crippen molar-refractivity contribution in [2.45, 2.75) is 18.9 Å². The van der Waals surface area contributed by atoms with Gasteiger partial charge in [0.05, 0.1) is 23.6 Å². The molecule has 1 heterocycles. The third kappa shape index (κ3) is 2.09. The molecule has 0 N–H and O–H groups in total. The number of anilines is 1. The summed E-state index contributed by atoms with van der Waals surface area (Å²) < 4.78 is 5.73. The van der Waals surface area contributed by atoms with Crippen LogP contribution >= 0.6 is 0 Å². The minimum atomic E-state index is 0.282. The normalized spacial score (nSPS) is 14.8. The lowest BCUT2D eigenvalue weighted by Gasteiger charge is -2.18. The Morgan fingerprint density at radius 1 is 1.47 bits per heavy atom. The molecule has 15 heavy (non-hydrogen) atoms. The topological polar surface area (TPSA) is 42.4 Å². The molecule has 0 unspecified atom stereocenters. The summed E-state index contributed by atoms with van der Waals surface area (Å²) in [6.45, 7) is 0. The molecule has 1 aliphatic rings. The lowest BCUT2D eigenvalue weighted by Crippen LogP contribution is -2.13. The minimum absolute atomic E-state index is 0.282. The zero-order chi connectivity index (χ0) is 10.8. The SMILES string of the molecule is CN(C)c1cncc(C=O)c1OC1CC1. The van der Waals surface area contributed by atoms with Crippen LogP contribution in [0.2, 0.25) is 0 Å². The van der Waals surface area contributed by atoms with Gasteiger partial charge in [-0.25, -0.2) is 0 Å². The van der Waals surface area contributed by atoms with Gasteiger partial charge in [0.25, 0.3) is 0 Å². The molecule has 0 radical (unpaired) electrons. The highest BCUT2D eigenvalue weighted by Gasteiger charge is 2.26. The average molecular weight is 206 g/mol. The second-order valence-electron chi connectivity index (χ2n) is 3.91. The van der Waals surface area contributed by atoms with E-state index in [0.29, 0.717) is 11.3 Å². The van der Waals surface area contributed by atoms with E-state index >= 15 is 0 Å². The van der Waals surface area contributed by atoms with E-state index in [1.54, 1.807) is 6.20 Å². The molecular formula is C11H14N2O2. The van der Waals surface area contributed by atoms with Crippen molar-refractivity contribution in [3.05, 3.63) is 18.0 Å². The Morgan fingerprint density at radius 3 is 2.73 bits per heavy atom. The molecule has 0 aromatic carbocycles. The maximum atomic E-state index is 10.9. The molecule has 4 heteroatoms. The highest BCUT2D eigenvalue weighted by atomic mass is 16.5. The molecule has 0 aliphatic heterocycles. The van der Waals surface area contributed by atoms with Crippen molar-refractivity contribution in [1.29, 1.82) is 0 Å². The zero-order valence-corrected chi connectivity index (χ0v) is 8.93. The van der Waals surface area contributed by atoms with E-state index in [2.05, 4.69) is 4.98 Å². The van der Waals surface area contributed by atoms with Crippen LogP contribution in [-0.4, -0.2) is 31.5 Å². The van der Waals surface area contributed by atoms with E-state index < -0.39 is 0 Å². The fourth-order valence-electron chi connectivity index (χ4n) is 1.34. The first-order valence-corrected chi connectivity index (χ1v) is 4.99. The van der Waals surface area contributed by atoms with Crippen molar-refractivity contribution in [3.8, 4) is 5.75 Å². The Hall–Kier alpha value is -1.58. The molecule has 0 bridgehead atoms. The van der Waals surface area contributed by atoms with Crippen LogP contribution in [0.3, 0.4) is 0 Å². The quantitative estimate of drug-likeness (QED) is 0.700. The van der Waals surface area contributed by atoms with E-state index in [1.165, 1.54) is 6.20 Å². The highest BCUT2D eigenvalue weighted by Crippen LogP contribution is 2.34. The number of carbonyl (C=O) groups excluding carboxylic acids is 1. The maximum absolute atomic E-state index is 10.9. The van der Waals surface area contributed by atoms with Crippen LogP contribution in [-0.2, 0) is 0 Å². The summed E-state index contributed by atoms with van der Waals surface area (Å²) in [5.41, 5.74) is 1.37. The van der Waals surface area contributed by atoms with Gasteiger partial charge in [0, 0.05) is 20.3 Å². The van der Waals surface area contributed by atoms with Gasteiger partial charge >= 0.3 is 0 Å². The number of pyridine rings is 1. The first-order chi connectivity index (χ1) is 7.22. The van der Waals surface area contributed by atoms with Crippen molar-refractivity contribution >= 4 is 12.0 Å². The number of ether oxygens (including phenoxy) is 1. The summed E-state index contributed by atoms with van der Waals surface area (Å²) in [6, 6.07) is 0. The van der Waals surface area contributed by atoms with Crippen LogP contribution in [0.4, 0.5) is 5.69 Å². The van der Waals surface area contributed by atoms with Crippen LogP contribution in [0.15, 0.2) is 12.4 Å². The van der Waals surface area contributed by atoms with Crippen molar-refractivity contribution < 1.29 is 9.53 Å². The predicted molar refractivity (Wildman–Crippen MR) is 57.6 cm³/mol. The lowest BCUT2D eigenvalue weighted by molar-refractivity contribution is 0.111. The van der Waals surface area contributed by atoms with E-state index in [0.717, 1.165) is 24.8 Å². The molecule has 0 atom stereocenters. The zero-order valence-electron chi connectivity index (χ0n) is 8.93. The van der Waals surface area contributed by atoms with Crippen LogP contribution in [0, 0.1) is 0 Å². The van der Waals surface area contributed by atoms with Gasteiger partial charge in [0.2, 0.25) is 0 Å². The molecule has 1 aromatic rings. The van der Waals surface area contributed by atoms with Crippen LogP contribution < -0.4 is 9.64 Å². The first-order valence-electron chi connectivity index (χ1n) is 4.99. The monoisotopic (exact) mass is 206 g/mol. The first kappa shape index (κ1) is 9.96. The standard InChI is InChI=1S/C11H14N2O2/c1-13(2)10-6-12-5-8(7-14)11(10)15-9-3-4-9/h5-7,9H,3-4H2,1-2H3. The number of nitrogens with zero attached hydrogens (tertiary/aromatic N) is 2. The summed E-state index contributed by atoms with van der Waals surface area (Å²) in [6.07, 6.45) is 6.48. The van der Waals surface area contributed by atoms with Gasteiger partial charge in [-0.3, -0.25) is 9.78 Å². The predicted octanol–water partition coefficient (Wildman–Crippen LogP) is 1.50. The summed E-state index contributed by atoms with van der Waals surface area (Å²) in [4.78, 5) is 16.8. The third-order valence-corrected chi connectivity index (χ3v) is 2.32. The maximum Gasteiger partial charge on any atom is 0.156 e. The fraction of sp³-hybridized carbons (Fsp3) is 0.455. The van der Waals surface area contributed by atoms with Gasteiger partial charge in [-0.05, 0) is 12.8 Å². The molecule has 4 nitrogen and oxygen atoms in total. The molecule has 0 saturated heterocycles. The molecular weight excluding hydrogens is 192 g/mol. The summed E-state index contributed by atoms with van der Waals surface area (Å²) in [5.74, 6) is 0.660. The Bertz CT molecular complexity index is 373. The molecule has 1 saturated carbocycles. The van der Waals surface area contributed by atoms with Gasteiger partial charge < -0.3 is 9.64 Å². The Balaban J connectivity index is 2.38. The Morgan fingerprint density at radius 2 is 2.20 bits per heavy atom. The number of hydrogen-bond donors (Lipinski definition) is 0. The molecule has 1 aliphatic carbocycles. The summed E-state index contributed by atoms with van der Waals surface area (Å²) in [7, 11) is 3.82. The number of carbonyl (C=O) groups is 1. The molecule has 0 amide bonds. The largest absolute Gasteiger partial charge is 0.487 e. The molecule has 0 spiro atoms. The van der Waals surface area contributed by atoms with Crippen LogP contribution in [0.1, 0.15) is 23.2 Å². The lowest BCUT2D eigenvalue weighted by atomic mass is 10.2. The fourth-order valence-corrected chi connectivity index (χ4v) is 1.34. The highest BCUT2D eigenvalue weighted by molar-refractivity contribution is 5.83. The molecule has 1 aromatic heterocycles. The van der Waals surface area contributed by atoms with Crippen LogP contribution in [0.5, 0.6) is 5.75 Å². The summed E-state index contributed by atoms with van der Waals surface area (Å²) >= 11 is 0. The molecule has 1 fully saturated rings. The van der Waals surface area contributed by atoms with Gasteiger partial charge in [-0.2, -0.15) is 0 Å². The van der Waals surface area contributed by atoms with Crippen molar-refractivity contribution in [2.75, 3.05) is 19.0 Å². The smallest absolute Gasteiger partial charge is 0.156 e. The van der Waals surface area contributed by atoms with E-state index in [4.69, 9.17) is 4.74 Å². The van der Waals surface area contributed by atoms with Crippen molar-refractivity contribution in [1.82, 2.24) is 4.98 Å². The number of aromatic nitrogens is 1. The van der Waals surface area contributed by atoms with Crippen molar-refractivity contribution in [3.63, 3.8) is 0 Å². The van der Waals surface area contributed by atoms with E-state index in [-0.39, 0.29) is 6.10 Å². The van der Waals surface area contributed by atoms with E-state index in [9.17, 15) is 4.79 Å². The van der Waals surface area contributed by atoms with Gasteiger partial charge in [-0.15, -0.1) is 0 Å². The van der Waals surface area contributed by atoms with E-state index in [1.807, 2.05) is 19.0 Å². The second kappa shape index (κ2) is 3.88. The number of aldehydes is 1. The Labute approximate surface area is 88.9 Å². The van der Waals surface area contributed by atoms with Gasteiger partial charge in [0.1, 0.15) is 0 Å². The average Bonchev–Trinajstić information content (AvgIpc) is 3.01. The Kier molecular flexibility index (Phi) is 2.58. The molecule has 2 rings (SSSR count). The second-order valence-corrected chi connectivity index (χ2v) is 3.91. The van der Waals surface area contributed by atoms with Crippen LogP contribution in [0.25, 0.3) is 0 Å².